The molecule has 6 rings (SSSR count). The highest BCUT2D eigenvalue weighted by atomic mass is 32.1. The lowest BCUT2D eigenvalue weighted by Gasteiger charge is -2.44. The van der Waals surface area contributed by atoms with Gasteiger partial charge in [0, 0.05) is 16.7 Å². The quantitative estimate of drug-likeness (QED) is 0.461. The minimum atomic E-state index is -1.19. The topological polar surface area (TPSA) is 98.6 Å². The van der Waals surface area contributed by atoms with Crippen LogP contribution in [0.3, 0.4) is 0 Å². The van der Waals surface area contributed by atoms with Gasteiger partial charge in [-0.05, 0) is 19.1 Å². The molecular formula is C25H20N4O4S. The van der Waals surface area contributed by atoms with Gasteiger partial charge in [0.1, 0.15) is 11.7 Å². The molecule has 0 radical (unpaired) electrons. The molecule has 8 nitrogen and oxygen atoms in total. The Labute approximate surface area is 197 Å². The van der Waals surface area contributed by atoms with Gasteiger partial charge in [0.25, 0.3) is 5.56 Å². The third-order valence-electron chi connectivity index (χ3n) is 6.35. The van der Waals surface area contributed by atoms with Gasteiger partial charge in [-0.2, -0.15) is 5.10 Å². The first-order valence-corrected chi connectivity index (χ1v) is 11.6. The molecule has 2 aliphatic heterocycles. The van der Waals surface area contributed by atoms with Gasteiger partial charge in [-0.25, -0.2) is 4.99 Å². The van der Waals surface area contributed by atoms with Crippen molar-refractivity contribution in [2.24, 2.45) is 10.9 Å². The van der Waals surface area contributed by atoms with E-state index < -0.39 is 23.7 Å². The number of rotatable bonds is 3. The molecule has 3 unspecified atom stereocenters. The number of benzene rings is 2. The molecule has 2 bridgehead atoms. The third kappa shape index (κ3) is 2.97. The molecule has 1 N–H and O–H groups in total. The fourth-order valence-electron chi connectivity index (χ4n) is 4.81. The van der Waals surface area contributed by atoms with Crippen molar-refractivity contribution in [2.75, 3.05) is 7.11 Å². The minimum Gasteiger partial charge on any atom is -0.469 e. The molecule has 34 heavy (non-hydrogen) atoms. The van der Waals surface area contributed by atoms with Crippen molar-refractivity contribution in [2.45, 2.75) is 18.7 Å². The Morgan fingerprint density at radius 3 is 2.76 bits per heavy atom. The number of nitrogens with one attached hydrogen (secondary N) is 1. The Bertz CT molecular complexity index is 1600. The Kier molecular flexibility index (Phi) is 4.56. The van der Waals surface area contributed by atoms with Crippen LogP contribution >= 0.6 is 11.3 Å². The van der Waals surface area contributed by atoms with Crippen molar-refractivity contribution in [1.82, 2.24) is 14.8 Å². The molecule has 170 valence electrons. The molecule has 0 aliphatic carbocycles. The standard InChI is InChI=1S/C25H20N4O4S/c1-25-19(23(31)32-2)21(16-10-6-7-11-17(16)33-25)29-22(30)18(34-24(29)27-25)12-15-13-26-28-20(15)14-8-4-3-5-9-14/h3-13,19,21H,1-2H3,(H,26,28)/b18-12+. The zero-order chi connectivity index (χ0) is 23.4. The summed E-state index contributed by atoms with van der Waals surface area (Å²) in [6.45, 7) is 1.76. The number of fused-ring (bicyclic) bond motifs is 6. The number of aromatic amines is 1. The third-order valence-corrected chi connectivity index (χ3v) is 7.34. The van der Waals surface area contributed by atoms with Crippen LogP contribution in [0.2, 0.25) is 0 Å². The minimum absolute atomic E-state index is 0.221. The fourth-order valence-corrected chi connectivity index (χ4v) is 5.90. The van der Waals surface area contributed by atoms with Crippen molar-refractivity contribution >= 4 is 23.4 Å². The van der Waals surface area contributed by atoms with Crippen molar-refractivity contribution < 1.29 is 14.3 Å². The number of nitrogens with zero attached hydrogens (tertiary/aromatic N) is 3. The fraction of sp³-hybridized carbons (Fsp3) is 0.200. The molecule has 0 saturated carbocycles. The van der Waals surface area contributed by atoms with Crippen LogP contribution in [0.15, 0.2) is 70.6 Å². The molecule has 0 spiro atoms. The Hall–Kier alpha value is -3.98. The number of thiazole rings is 1. The first kappa shape index (κ1) is 20.6. The van der Waals surface area contributed by atoms with E-state index in [-0.39, 0.29) is 5.56 Å². The second-order valence-electron chi connectivity index (χ2n) is 8.39. The van der Waals surface area contributed by atoms with Crippen LogP contribution in [0.5, 0.6) is 5.75 Å². The van der Waals surface area contributed by atoms with E-state index >= 15 is 0 Å². The van der Waals surface area contributed by atoms with Crippen LogP contribution in [0.25, 0.3) is 17.3 Å². The highest BCUT2D eigenvalue weighted by molar-refractivity contribution is 7.07. The summed E-state index contributed by atoms with van der Waals surface area (Å²) in [6, 6.07) is 16.6. The van der Waals surface area contributed by atoms with E-state index in [1.165, 1.54) is 18.4 Å². The van der Waals surface area contributed by atoms with Crippen LogP contribution in [0.4, 0.5) is 0 Å². The maximum atomic E-state index is 13.7. The number of hydrogen-bond acceptors (Lipinski definition) is 7. The lowest BCUT2D eigenvalue weighted by Crippen LogP contribution is -2.58. The van der Waals surface area contributed by atoms with Crippen LogP contribution in [0.1, 0.15) is 24.1 Å². The first-order valence-electron chi connectivity index (χ1n) is 10.8. The second kappa shape index (κ2) is 7.53. The average Bonchev–Trinajstić information content (AvgIpc) is 3.42. The molecule has 3 atom stereocenters. The van der Waals surface area contributed by atoms with Crippen LogP contribution in [-0.4, -0.2) is 33.6 Å². The molecule has 4 heterocycles. The zero-order valence-corrected chi connectivity index (χ0v) is 19.2. The monoisotopic (exact) mass is 472 g/mol. The van der Waals surface area contributed by atoms with Gasteiger partial charge in [-0.1, -0.05) is 59.9 Å². The largest absolute Gasteiger partial charge is 0.469 e. The number of H-pyrrole nitrogens is 1. The number of methoxy groups -OCH3 is 1. The molecular weight excluding hydrogens is 452 g/mol. The predicted octanol–water partition coefficient (Wildman–Crippen LogP) is 2.25. The molecule has 2 aromatic carbocycles. The van der Waals surface area contributed by atoms with Crippen molar-refractivity contribution in [3.63, 3.8) is 0 Å². The van der Waals surface area contributed by atoms with Gasteiger partial charge in [-0.3, -0.25) is 19.3 Å². The Morgan fingerprint density at radius 2 is 1.97 bits per heavy atom. The van der Waals surface area contributed by atoms with Crippen molar-refractivity contribution in [1.29, 1.82) is 0 Å². The van der Waals surface area contributed by atoms with Gasteiger partial charge in [-0.15, -0.1) is 0 Å². The number of carbonyl (C=O) groups excluding carboxylic acids is 1. The summed E-state index contributed by atoms with van der Waals surface area (Å²) < 4.78 is 13.4. The average molecular weight is 473 g/mol. The van der Waals surface area contributed by atoms with E-state index in [1.807, 2.05) is 60.7 Å². The summed E-state index contributed by atoms with van der Waals surface area (Å²) in [4.78, 5) is 31.9. The van der Waals surface area contributed by atoms with Gasteiger partial charge >= 0.3 is 5.97 Å². The Morgan fingerprint density at radius 1 is 1.21 bits per heavy atom. The number of ether oxygens (including phenoxy) is 2. The van der Waals surface area contributed by atoms with E-state index in [0.29, 0.717) is 15.1 Å². The molecule has 4 aromatic rings. The lowest BCUT2D eigenvalue weighted by atomic mass is 9.81. The summed E-state index contributed by atoms with van der Waals surface area (Å²) in [5.41, 5.74) is 1.92. The SMILES string of the molecule is COC(=O)C1C2c3ccccc3OC1(C)N=c1s/c(=C/c3cn[nH]c3-c3ccccc3)c(=O)n12. The van der Waals surface area contributed by atoms with E-state index in [4.69, 9.17) is 14.5 Å². The summed E-state index contributed by atoms with van der Waals surface area (Å²) >= 11 is 1.27. The van der Waals surface area contributed by atoms with Crippen molar-refractivity contribution in [3.05, 3.63) is 91.6 Å². The molecule has 9 heteroatoms. The summed E-state index contributed by atoms with van der Waals surface area (Å²) in [5.74, 6) is -0.663. The maximum Gasteiger partial charge on any atom is 0.317 e. The highest BCUT2D eigenvalue weighted by Gasteiger charge is 2.55. The number of hydrogen-bond donors (Lipinski definition) is 1. The van der Waals surface area contributed by atoms with Crippen molar-refractivity contribution in [3.8, 4) is 17.0 Å². The van der Waals surface area contributed by atoms with Crippen LogP contribution in [-0.2, 0) is 9.53 Å². The van der Waals surface area contributed by atoms with E-state index in [1.54, 1.807) is 17.7 Å². The lowest BCUT2D eigenvalue weighted by molar-refractivity contribution is -0.158. The van der Waals surface area contributed by atoms with Gasteiger partial charge in [0.05, 0.1) is 29.6 Å². The number of para-hydroxylation sites is 1. The van der Waals surface area contributed by atoms with Gasteiger partial charge < -0.3 is 9.47 Å². The maximum absolute atomic E-state index is 13.7. The van der Waals surface area contributed by atoms with Gasteiger partial charge in [0.15, 0.2) is 4.80 Å². The van der Waals surface area contributed by atoms with E-state index in [0.717, 1.165) is 22.4 Å². The highest BCUT2D eigenvalue weighted by Crippen LogP contribution is 2.47. The Balaban J connectivity index is 1.58. The smallest absolute Gasteiger partial charge is 0.317 e. The first-order chi connectivity index (χ1) is 16.5. The second-order valence-corrected chi connectivity index (χ2v) is 9.40. The van der Waals surface area contributed by atoms with Crippen LogP contribution < -0.4 is 19.6 Å². The van der Waals surface area contributed by atoms with Gasteiger partial charge in [0.2, 0.25) is 5.72 Å². The number of aromatic nitrogens is 3. The predicted molar refractivity (Wildman–Crippen MR) is 126 cm³/mol. The summed E-state index contributed by atoms with van der Waals surface area (Å²) in [6.07, 6.45) is 3.50. The zero-order valence-electron chi connectivity index (χ0n) is 18.4. The summed E-state index contributed by atoms with van der Waals surface area (Å²) in [5, 5.41) is 7.20. The number of esters is 1. The normalized spacial score (nSPS) is 22.8. The van der Waals surface area contributed by atoms with E-state index in [9.17, 15) is 9.59 Å². The molecule has 0 amide bonds. The molecule has 2 aromatic heterocycles. The molecule has 2 aliphatic rings. The molecule has 0 saturated heterocycles. The van der Waals surface area contributed by atoms with Crippen LogP contribution in [0, 0.1) is 5.92 Å². The van der Waals surface area contributed by atoms with E-state index in [2.05, 4.69) is 10.2 Å². The number of carbonyl (C=O) groups is 1. The molecule has 0 fully saturated rings. The summed E-state index contributed by atoms with van der Waals surface area (Å²) in [7, 11) is 1.34.